The Labute approximate surface area is 203 Å². The molecule has 0 unspecified atom stereocenters. The van der Waals surface area contributed by atoms with Gasteiger partial charge in [-0.15, -0.1) is 0 Å². The third kappa shape index (κ3) is 5.74. The van der Waals surface area contributed by atoms with Crippen molar-refractivity contribution in [3.8, 4) is 5.75 Å². The van der Waals surface area contributed by atoms with E-state index in [1.54, 1.807) is 41.3 Å². The second-order valence-corrected chi connectivity index (χ2v) is 8.08. The molecule has 0 bridgehead atoms. The van der Waals surface area contributed by atoms with Crippen molar-refractivity contribution in [3.05, 3.63) is 78.3 Å². The first kappa shape index (κ1) is 23.3. The highest BCUT2D eigenvalue weighted by molar-refractivity contribution is 7.80. The molecule has 0 saturated carbocycles. The van der Waals surface area contributed by atoms with Crippen molar-refractivity contribution in [2.75, 3.05) is 43.0 Å². The molecule has 2 amide bonds. The van der Waals surface area contributed by atoms with Crippen molar-refractivity contribution in [3.63, 3.8) is 0 Å². The molecule has 2 aromatic carbocycles. The highest BCUT2D eigenvalue weighted by Gasteiger charge is 2.23. The molecule has 1 aliphatic rings. The molecule has 4 rings (SSSR count). The normalized spacial score (nSPS) is 13.3. The summed E-state index contributed by atoms with van der Waals surface area (Å²) in [4.78, 5) is 28.9. The van der Waals surface area contributed by atoms with Crippen LogP contribution in [0.3, 0.4) is 0 Å². The minimum atomic E-state index is -0.308. The van der Waals surface area contributed by atoms with Crippen molar-refractivity contribution in [1.82, 2.24) is 10.2 Å². The maximum absolute atomic E-state index is 12.5. The molecule has 0 radical (unpaired) electrons. The van der Waals surface area contributed by atoms with E-state index in [-0.39, 0.29) is 16.9 Å². The summed E-state index contributed by atoms with van der Waals surface area (Å²) in [6, 6.07) is 18.1. The zero-order chi connectivity index (χ0) is 23.9. The molecule has 9 heteroatoms. The Morgan fingerprint density at radius 3 is 2.47 bits per heavy atom. The highest BCUT2D eigenvalue weighted by atomic mass is 32.1. The number of ether oxygens (including phenoxy) is 1. The molecular formula is C25H26N4O4S. The van der Waals surface area contributed by atoms with Crippen LogP contribution in [0.25, 0.3) is 0 Å². The number of nitrogens with one attached hydrogen (secondary N) is 2. The zero-order valence-corrected chi connectivity index (χ0v) is 19.6. The van der Waals surface area contributed by atoms with E-state index in [1.165, 1.54) is 6.26 Å². The van der Waals surface area contributed by atoms with Gasteiger partial charge in [-0.1, -0.05) is 6.07 Å². The fourth-order valence-electron chi connectivity index (χ4n) is 3.71. The molecule has 2 N–H and O–H groups in total. The summed E-state index contributed by atoms with van der Waals surface area (Å²) in [5.74, 6) is 0.617. The molecule has 3 aromatic rings. The first-order valence-corrected chi connectivity index (χ1v) is 11.5. The van der Waals surface area contributed by atoms with Crippen LogP contribution in [0.5, 0.6) is 5.75 Å². The second-order valence-electron chi connectivity index (χ2n) is 7.67. The summed E-state index contributed by atoms with van der Waals surface area (Å²) in [7, 11) is 0. The molecule has 176 valence electrons. The summed E-state index contributed by atoms with van der Waals surface area (Å²) in [5, 5.41) is 5.94. The zero-order valence-electron chi connectivity index (χ0n) is 18.8. The monoisotopic (exact) mass is 478 g/mol. The average molecular weight is 479 g/mol. The van der Waals surface area contributed by atoms with Crippen LogP contribution in [-0.2, 0) is 0 Å². The van der Waals surface area contributed by atoms with Gasteiger partial charge in [0.15, 0.2) is 10.9 Å². The smallest absolute Gasteiger partial charge is 0.289 e. The Morgan fingerprint density at radius 1 is 1.03 bits per heavy atom. The minimum Gasteiger partial charge on any atom is -0.494 e. The molecule has 2 heterocycles. The van der Waals surface area contributed by atoms with Crippen molar-refractivity contribution >= 4 is 40.5 Å². The molecule has 0 spiro atoms. The molecule has 8 nitrogen and oxygen atoms in total. The number of carbonyl (C=O) groups is 2. The minimum absolute atomic E-state index is 0.0793. The number of rotatable bonds is 6. The van der Waals surface area contributed by atoms with Gasteiger partial charge in [-0.2, -0.15) is 0 Å². The van der Waals surface area contributed by atoms with E-state index < -0.39 is 0 Å². The van der Waals surface area contributed by atoms with Crippen molar-refractivity contribution in [1.29, 1.82) is 0 Å². The van der Waals surface area contributed by atoms with Gasteiger partial charge >= 0.3 is 0 Å². The number of carbonyl (C=O) groups excluding carboxylic acids is 2. The fourth-order valence-corrected chi connectivity index (χ4v) is 3.92. The summed E-state index contributed by atoms with van der Waals surface area (Å²) in [6.45, 7) is 5.13. The lowest BCUT2D eigenvalue weighted by Crippen LogP contribution is -2.48. The number of benzene rings is 2. The number of anilines is 2. The number of hydrogen-bond donors (Lipinski definition) is 2. The number of nitrogens with zero attached hydrogens (tertiary/aromatic N) is 2. The van der Waals surface area contributed by atoms with Crippen molar-refractivity contribution < 1.29 is 18.7 Å². The van der Waals surface area contributed by atoms with Crippen molar-refractivity contribution in [2.24, 2.45) is 0 Å². The lowest BCUT2D eigenvalue weighted by Gasteiger charge is -2.35. The van der Waals surface area contributed by atoms with Gasteiger partial charge in [-0.25, -0.2) is 0 Å². The summed E-state index contributed by atoms with van der Waals surface area (Å²) in [5.41, 5.74) is 2.29. The first-order valence-electron chi connectivity index (χ1n) is 11.1. The van der Waals surface area contributed by atoms with Crippen LogP contribution in [0.15, 0.2) is 71.3 Å². The Hall–Kier alpha value is -3.85. The van der Waals surface area contributed by atoms with E-state index in [4.69, 9.17) is 21.4 Å². The van der Waals surface area contributed by atoms with Gasteiger partial charge in [0.2, 0.25) is 0 Å². The Balaban J connectivity index is 1.27. The van der Waals surface area contributed by atoms with Gasteiger partial charge in [-0.05, 0) is 73.7 Å². The van der Waals surface area contributed by atoms with E-state index in [0.29, 0.717) is 36.8 Å². The molecule has 0 atom stereocenters. The summed E-state index contributed by atoms with van der Waals surface area (Å²) >= 11 is 5.30. The second kappa shape index (κ2) is 10.8. The molecule has 1 aliphatic heterocycles. The first-order chi connectivity index (χ1) is 16.5. The Kier molecular flexibility index (Phi) is 7.44. The Morgan fingerprint density at radius 2 is 1.79 bits per heavy atom. The van der Waals surface area contributed by atoms with Gasteiger partial charge in [0.25, 0.3) is 11.8 Å². The molecule has 34 heavy (non-hydrogen) atoms. The van der Waals surface area contributed by atoms with Crippen LogP contribution in [0.1, 0.15) is 27.8 Å². The third-order valence-electron chi connectivity index (χ3n) is 5.42. The van der Waals surface area contributed by atoms with Gasteiger partial charge < -0.3 is 24.3 Å². The molecule has 1 aromatic heterocycles. The van der Waals surface area contributed by atoms with Crippen LogP contribution in [0.2, 0.25) is 0 Å². The van der Waals surface area contributed by atoms with Crippen LogP contribution < -0.4 is 20.3 Å². The SMILES string of the molecule is CCOc1cccc(C(=O)NC(=S)Nc2ccc(N3CCN(C(=O)c4ccco4)CC3)cc2)c1. The van der Waals surface area contributed by atoms with Gasteiger partial charge in [0.05, 0.1) is 12.9 Å². The highest BCUT2D eigenvalue weighted by Crippen LogP contribution is 2.20. The van der Waals surface area contributed by atoms with E-state index in [1.807, 2.05) is 31.2 Å². The van der Waals surface area contributed by atoms with Gasteiger partial charge in [0, 0.05) is 43.1 Å². The fraction of sp³-hybridized carbons (Fsp3) is 0.240. The predicted octanol–water partition coefficient (Wildman–Crippen LogP) is 3.77. The number of thiocarbonyl (C=S) groups is 1. The molecule has 1 saturated heterocycles. The quantitative estimate of drug-likeness (QED) is 0.522. The summed E-state index contributed by atoms with van der Waals surface area (Å²) < 4.78 is 10.7. The van der Waals surface area contributed by atoms with E-state index in [9.17, 15) is 9.59 Å². The number of amides is 2. The van der Waals surface area contributed by atoms with E-state index >= 15 is 0 Å². The number of hydrogen-bond acceptors (Lipinski definition) is 6. The van der Waals surface area contributed by atoms with Crippen molar-refractivity contribution in [2.45, 2.75) is 6.92 Å². The topological polar surface area (TPSA) is 87.0 Å². The van der Waals surface area contributed by atoms with Gasteiger partial charge in [-0.3, -0.25) is 14.9 Å². The summed E-state index contributed by atoms with van der Waals surface area (Å²) in [6.07, 6.45) is 1.51. The van der Waals surface area contributed by atoms with Gasteiger partial charge in [0.1, 0.15) is 5.75 Å². The number of piperazine rings is 1. The average Bonchev–Trinajstić information content (AvgIpc) is 3.40. The van der Waals surface area contributed by atoms with Crippen LogP contribution in [0.4, 0.5) is 11.4 Å². The maximum Gasteiger partial charge on any atom is 0.289 e. The lowest BCUT2D eigenvalue weighted by atomic mass is 10.2. The third-order valence-corrected chi connectivity index (χ3v) is 5.63. The molecule has 0 aliphatic carbocycles. The standard InChI is InChI=1S/C25H26N4O4S/c1-2-32-21-6-3-5-18(17-21)23(30)27-25(34)26-19-8-10-20(11-9-19)28-12-14-29(15-13-28)24(31)22-7-4-16-33-22/h3-11,16-17H,2,12-15H2,1H3,(H2,26,27,30,34). The van der Waals surface area contributed by atoms with Crippen LogP contribution >= 0.6 is 12.2 Å². The predicted molar refractivity (Wildman–Crippen MR) is 135 cm³/mol. The lowest BCUT2D eigenvalue weighted by molar-refractivity contribution is 0.0714. The maximum atomic E-state index is 12.5. The number of furan rings is 1. The van der Waals surface area contributed by atoms with Crippen LogP contribution in [0, 0.1) is 0 Å². The molecule has 1 fully saturated rings. The van der Waals surface area contributed by atoms with E-state index in [2.05, 4.69) is 15.5 Å². The Bertz CT molecular complexity index is 1140. The molecular weight excluding hydrogens is 452 g/mol. The van der Waals surface area contributed by atoms with E-state index in [0.717, 1.165) is 24.5 Å². The van der Waals surface area contributed by atoms with Crippen LogP contribution in [-0.4, -0.2) is 54.6 Å². The largest absolute Gasteiger partial charge is 0.494 e.